The molecule has 0 radical (unpaired) electrons. The number of amides is 1. The SMILES string of the molecule is O=C(Nc1nc2c(F)cc(F)cc2s1)c1ccc(-c2ccccc2)cc1. The maximum absolute atomic E-state index is 13.7. The molecule has 6 heteroatoms. The van der Waals surface area contributed by atoms with Gasteiger partial charge in [0.05, 0.1) is 4.70 Å². The molecule has 0 saturated heterocycles. The summed E-state index contributed by atoms with van der Waals surface area (Å²) >= 11 is 1.03. The molecule has 1 heterocycles. The predicted octanol–water partition coefficient (Wildman–Crippen LogP) is 5.49. The highest BCUT2D eigenvalue weighted by Gasteiger charge is 2.13. The Bertz CT molecular complexity index is 1090. The van der Waals surface area contributed by atoms with Crippen molar-refractivity contribution in [3.8, 4) is 11.1 Å². The van der Waals surface area contributed by atoms with Crippen molar-refractivity contribution in [1.82, 2.24) is 4.98 Å². The Morgan fingerprint density at radius 3 is 2.35 bits per heavy atom. The number of rotatable bonds is 3. The molecular formula is C20H12F2N2OS. The van der Waals surface area contributed by atoms with Gasteiger partial charge in [0.15, 0.2) is 10.9 Å². The van der Waals surface area contributed by atoms with Gasteiger partial charge in [-0.15, -0.1) is 0 Å². The molecule has 1 amide bonds. The number of hydrogen-bond acceptors (Lipinski definition) is 3. The van der Waals surface area contributed by atoms with Gasteiger partial charge in [-0.05, 0) is 29.3 Å². The lowest BCUT2D eigenvalue weighted by Gasteiger charge is -2.04. The van der Waals surface area contributed by atoms with E-state index in [0.717, 1.165) is 28.5 Å². The van der Waals surface area contributed by atoms with Crippen LogP contribution in [0.3, 0.4) is 0 Å². The molecule has 26 heavy (non-hydrogen) atoms. The van der Waals surface area contributed by atoms with Crippen molar-refractivity contribution in [3.05, 3.63) is 83.9 Å². The maximum atomic E-state index is 13.7. The number of thiazole rings is 1. The molecule has 4 aromatic rings. The van der Waals surface area contributed by atoms with Gasteiger partial charge in [-0.2, -0.15) is 0 Å². The van der Waals surface area contributed by atoms with Crippen molar-refractivity contribution < 1.29 is 13.6 Å². The Kier molecular flexibility index (Phi) is 4.18. The number of fused-ring (bicyclic) bond motifs is 1. The molecule has 0 fully saturated rings. The van der Waals surface area contributed by atoms with Crippen LogP contribution in [0.1, 0.15) is 10.4 Å². The van der Waals surface area contributed by atoms with E-state index < -0.39 is 11.6 Å². The summed E-state index contributed by atoms with van der Waals surface area (Å²) in [5.41, 5.74) is 2.56. The predicted molar refractivity (Wildman–Crippen MR) is 99.4 cm³/mol. The van der Waals surface area contributed by atoms with Crippen molar-refractivity contribution >= 4 is 32.6 Å². The van der Waals surface area contributed by atoms with Crippen molar-refractivity contribution in [2.45, 2.75) is 0 Å². The van der Waals surface area contributed by atoms with Crippen LogP contribution in [0.2, 0.25) is 0 Å². The van der Waals surface area contributed by atoms with E-state index in [-0.39, 0.29) is 16.6 Å². The highest BCUT2D eigenvalue weighted by Crippen LogP contribution is 2.29. The van der Waals surface area contributed by atoms with Crippen molar-refractivity contribution in [2.75, 3.05) is 5.32 Å². The lowest BCUT2D eigenvalue weighted by atomic mass is 10.0. The van der Waals surface area contributed by atoms with Crippen LogP contribution in [0.15, 0.2) is 66.7 Å². The van der Waals surface area contributed by atoms with E-state index in [4.69, 9.17) is 0 Å². The molecule has 1 aromatic heterocycles. The molecule has 0 aliphatic carbocycles. The number of halogens is 2. The molecule has 0 atom stereocenters. The second-order valence-electron chi connectivity index (χ2n) is 5.65. The van der Waals surface area contributed by atoms with Gasteiger partial charge in [0.1, 0.15) is 11.3 Å². The first-order valence-electron chi connectivity index (χ1n) is 7.82. The van der Waals surface area contributed by atoms with Gasteiger partial charge in [-0.1, -0.05) is 53.8 Å². The van der Waals surface area contributed by atoms with Crippen LogP contribution >= 0.6 is 11.3 Å². The van der Waals surface area contributed by atoms with Gasteiger partial charge < -0.3 is 0 Å². The molecule has 0 aliphatic rings. The molecule has 3 nitrogen and oxygen atoms in total. The zero-order valence-corrected chi connectivity index (χ0v) is 14.2. The molecule has 4 rings (SSSR count). The molecule has 0 unspecified atom stereocenters. The number of aromatic nitrogens is 1. The Balaban J connectivity index is 1.56. The Morgan fingerprint density at radius 1 is 0.923 bits per heavy atom. The zero-order chi connectivity index (χ0) is 18.1. The molecule has 1 N–H and O–H groups in total. The van der Waals surface area contributed by atoms with Gasteiger partial charge in [-0.3, -0.25) is 10.1 Å². The third-order valence-electron chi connectivity index (χ3n) is 3.89. The average molecular weight is 366 g/mol. The fraction of sp³-hybridized carbons (Fsp3) is 0. The highest BCUT2D eigenvalue weighted by atomic mass is 32.1. The number of nitrogens with zero attached hydrogens (tertiary/aromatic N) is 1. The van der Waals surface area contributed by atoms with E-state index in [0.29, 0.717) is 10.3 Å². The van der Waals surface area contributed by atoms with E-state index in [2.05, 4.69) is 10.3 Å². The zero-order valence-electron chi connectivity index (χ0n) is 13.4. The molecule has 0 aliphatic heterocycles. The normalized spacial score (nSPS) is 10.8. The van der Waals surface area contributed by atoms with Crippen LogP contribution in [-0.2, 0) is 0 Å². The minimum Gasteiger partial charge on any atom is -0.298 e. The van der Waals surface area contributed by atoms with Crippen molar-refractivity contribution in [3.63, 3.8) is 0 Å². The minimum atomic E-state index is -0.746. The largest absolute Gasteiger partial charge is 0.298 e. The van der Waals surface area contributed by atoms with Gasteiger partial charge in [0, 0.05) is 11.6 Å². The van der Waals surface area contributed by atoms with E-state index in [1.54, 1.807) is 12.1 Å². The number of carbonyl (C=O) groups is 1. The Labute approximate surface area is 151 Å². The summed E-state index contributed by atoms with van der Waals surface area (Å²) in [4.78, 5) is 16.4. The molecule has 0 spiro atoms. The van der Waals surface area contributed by atoms with Crippen molar-refractivity contribution in [1.29, 1.82) is 0 Å². The Morgan fingerprint density at radius 2 is 1.62 bits per heavy atom. The van der Waals surface area contributed by atoms with E-state index >= 15 is 0 Å². The molecule has 0 bridgehead atoms. The topological polar surface area (TPSA) is 42.0 Å². The van der Waals surface area contributed by atoms with Gasteiger partial charge in [0.2, 0.25) is 0 Å². The molecule has 128 valence electrons. The fourth-order valence-corrected chi connectivity index (χ4v) is 3.52. The molecular weight excluding hydrogens is 354 g/mol. The summed E-state index contributed by atoms with van der Waals surface area (Å²) in [6, 6.07) is 18.9. The Hall–Kier alpha value is -3.12. The lowest BCUT2D eigenvalue weighted by Crippen LogP contribution is -2.11. The third-order valence-corrected chi connectivity index (χ3v) is 4.81. The van der Waals surface area contributed by atoms with Crippen LogP contribution in [0.4, 0.5) is 13.9 Å². The van der Waals surface area contributed by atoms with E-state index in [1.165, 1.54) is 6.07 Å². The first-order chi connectivity index (χ1) is 12.6. The quantitative estimate of drug-likeness (QED) is 0.521. The van der Waals surface area contributed by atoms with E-state index in [1.807, 2.05) is 42.5 Å². The van der Waals surface area contributed by atoms with Crippen LogP contribution < -0.4 is 5.32 Å². The number of carbonyl (C=O) groups excluding carboxylic acids is 1. The number of anilines is 1. The monoisotopic (exact) mass is 366 g/mol. The van der Waals surface area contributed by atoms with Crippen LogP contribution in [0.5, 0.6) is 0 Å². The number of nitrogens with one attached hydrogen (secondary N) is 1. The fourth-order valence-electron chi connectivity index (χ4n) is 2.62. The highest BCUT2D eigenvalue weighted by molar-refractivity contribution is 7.22. The second kappa shape index (κ2) is 6.65. The van der Waals surface area contributed by atoms with Crippen LogP contribution in [0.25, 0.3) is 21.3 Å². The van der Waals surface area contributed by atoms with Crippen LogP contribution in [-0.4, -0.2) is 10.9 Å². The summed E-state index contributed by atoms with van der Waals surface area (Å²) < 4.78 is 27.3. The summed E-state index contributed by atoms with van der Waals surface area (Å²) in [7, 11) is 0. The minimum absolute atomic E-state index is 0.0473. The second-order valence-corrected chi connectivity index (χ2v) is 6.68. The van der Waals surface area contributed by atoms with E-state index in [9.17, 15) is 13.6 Å². The summed E-state index contributed by atoms with van der Waals surface area (Å²) in [5.74, 6) is -1.78. The smallest absolute Gasteiger partial charge is 0.257 e. The molecule has 3 aromatic carbocycles. The van der Waals surface area contributed by atoms with Gasteiger partial charge in [0.25, 0.3) is 5.91 Å². The number of hydrogen-bond donors (Lipinski definition) is 1. The maximum Gasteiger partial charge on any atom is 0.257 e. The standard InChI is InChI=1S/C20H12F2N2OS/c21-15-10-16(22)18-17(11-15)26-20(23-18)24-19(25)14-8-6-13(7-9-14)12-4-2-1-3-5-12/h1-11H,(H,23,24,25). The first kappa shape index (κ1) is 16.4. The lowest BCUT2D eigenvalue weighted by molar-refractivity contribution is 0.102. The summed E-state index contributed by atoms with van der Waals surface area (Å²) in [6.07, 6.45) is 0. The van der Waals surface area contributed by atoms with Gasteiger partial charge in [-0.25, -0.2) is 13.8 Å². The third kappa shape index (κ3) is 3.19. The van der Waals surface area contributed by atoms with Gasteiger partial charge >= 0.3 is 0 Å². The van der Waals surface area contributed by atoms with Crippen LogP contribution in [0, 0.1) is 11.6 Å². The summed E-state index contributed by atoms with van der Waals surface area (Å²) in [5, 5.41) is 2.86. The first-order valence-corrected chi connectivity index (χ1v) is 8.64. The molecule has 0 saturated carbocycles. The van der Waals surface area contributed by atoms with Crippen molar-refractivity contribution in [2.24, 2.45) is 0 Å². The number of benzene rings is 3. The average Bonchev–Trinajstić information content (AvgIpc) is 3.05. The summed E-state index contributed by atoms with van der Waals surface area (Å²) in [6.45, 7) is 0.